The zero-order valence-electron chi connectivity index (χ0n) is 19.9. The summed E-state index contributed by atoms with van der Waals surface area (Å²) in [5.74, 6) is 1.92. The third-order valence-corrected chi connectivity index (χ3v) is 6.17. The normalized spacial score (nSPS) is 12.5. The molecule has 0 radical (unpaired) electrons. The number of aromatic nitrogens is 3. The van der Waals surface area contributed by atoms with Crippen LogP contribution in [0.15, 0.2) is 82.4 Å². The molecule has 0 bridgehead atoms. The van der Waals surface area contributed by atoms with Gasteiger partial charge in [0.15, 0.2) is 5.75 Å². The molecule has 5 rings (SSSR count). The fourth-order valence-corrected chi connectivity index (χ4v) is 3.97. The van der Waals surface area contributed by atoms with E-state index in [4.69, 9.17) is 21.3 Å². The molecule has 0 fully saturated rings. The van der Waals surface area contributed by atoms with Crippen molar-refractivity contribution in [3.63, 3.8) is 0 Å². The number of nitrogens with one attached hydrogen (secondary N) is 1. The molecule has 1 aromatic carbocycles. The first-order valence-electron chi connectivity index (χ1n) is 11.6. The molecule has 0 saturated heterocycles. The maximum Gasteiger partial charge on any atom is 0.155 e. The van der Waals surface area contributed by atoms with Crippen LogP contribution in [0.1, 0.15) is 23.2 Å². The van der Waals surface area contributed by atoms with Crippen molar-refractivity contribution in [1.82, 2.24) is 15.0 Å². The molecule has 3 aromatic heterocycles. The Labute approximate surface area is 214 Å². The molecule has 0 amide bonds. The van der Waals surface area contributed by atoms with Crippen LogP contribution in [0.5, 0.6) is 11.5 Å². The number of ether oxygens (including phenoxy) is 1. The summed E-state index contributed by atoms with van der Waals surface area (Å²) in [6, 6.07) is 17.2. The van der Waals surface area contributed by atoms with Crippen LogP contribution in [0.3, 0.4) is 0 Å². The van der Waals surface area contributed by atoms with Crippen LogP contribution in [-0.2, 0) is 6.42 Å². The summed E-state index contributed by atoms with van der Waals surface area (Å²) in [6.45, 7) is 4.55. The SMILES string of the molecule is Cc1cc(Oc2ccnc(Nc3ccc(Cl)c(CCC4=NN=NC4)c3)c2)c(-c2ccccn2)nc1C. The first-order valence-corrected chi connectivity index (χ1v) is 11.9. The first kappa shape index (κ1) is 23.6. The number of hydrogen-bond donors (Lipinski definition) is 1. The molecular weight excluding hydrogens is 474 g/mol. The van der Waals surface area contributed by atoms with Gasteiger partial charge in [-0.05, 0) is 85.5 Å². The molecule has 36 heavy (non-hydrogen) atoms. The van der Waals surface area contributed by atoms with Gasteiger partial charge >= 0.3 is 0 Å². The Bertz CT molecular complexity index is 1450. The predicted octanol–water partition coefficient (Wildman–Crippen LogP) is 7.10. The fraction of sp³-hybridized carbons (Fsp3) is 0.185. The standard InChI is InChI=1S/C27H24ClN7O/c1-17-13-25(27(32-18(17)2)24-5-3-4-11-29-24)36-22-10-12-30-26(15-22)33-20-8-9-23(28)19(14-20)6-7-21-16-31-35-34-21/h3-5,8-15H,6-7,16H2,1-2H3,(H,30,33). The van der Waals surface area contributed by atoms with Crippen LogP contribution >= 0.6 is 11.6 Å². The lowest BCUT2D eigenvalue weighted by atomic mass is 10.1. The van der Waals surface area contributed by atoms with E-state index in [0.29, 0.717) is 34.6 Å². The number of hydrogen-bond acceptors (Lipinski definition) is 8. The Morgan fingerprint density at radius 2 is 1.89 bits per heavy atom. The molecular formula is C27H24ClN7O. The molecule has 4 aromatic rings. The lowest BCUT2D eigenvalue weighted by molar-refractivity contribution is 0.481. The molecule has 4 heterocycles. The maximum atomic E-state index is 6.43. The average molecular weight is 498 g/mol. The molecule has 8 nitrogen and oxygen atoms in total. The summed E-state index contributed by atoms with van der Waals surface area (Å²) >= 11 is 6.43. The van der Waals surface area contributed by atoms with Crippen molar-refractivity contribution < 1.29 is 4.74 Å². The lowest BCUT2D eigenvalue weighted by Gasteiger charge is -2.14. The number of halogens is 1. The number of aryl methyl sites for hydroxylation is 3. The molecule has 0 saturated carbocycles. The van der Waals surface area contributed by atoms with E-state index in [9.17, 15) is 0 Å². The Morgan fingerprint density at radius 3 is 2.69 bits per heavy atom. The lowest BCUT2D eigenvalue weighted by Crippen LogP contribution is -2.02. The van der Waals surface area contributed by atoms with Gasteiger partial charge in [0, 0.05) is 34.9 Å². The summed E-state index contributed by atoms with van der Waals surface area (Å²) in [4.78, 5) is 13.7. The minimum Gasteiger partial charge on any atom is -0.455 e. The van der Waals surface area contributed by atoms with Gasteiger partial charge in [-0.1, -0.05) is 17.7 Å². The smallest absolute Gasteiger partial charge is 0.155 e. The van der Waals surface area contributed by atoms with Gasteiger partial charge in [-0.3, -0.25) is 4.98 Å². The Morgan fingerprint density at radius 1 is 0.972 bits per heavy atom. The van der Waals surface area contributed by atoms with E-state index in [1.54, 1.807) is 12.4 Å². The number of benzene rings is 1. The van der Waals surface area contributed by atoms with Gasteiger partial charge in [-0.2, -0.15) is 5.11 Å². The quantitative estimate of drug-likeness (QED) is 0.280. The highest BCUT2D eigenvalue weighted by Crippen LogP contribution is 2.33. The second kappa shape index (κ2) is 10.6. The van der Waals surface area contributed by atoms with Crippen molar-refractivity contribution in [1.29, 1.82) is 0 Å². The maximum absolute atomic E-state index is 6.43. The highest BCUT2D eigenvalue weighted by molar-refractivity contribution is 6.31. The van der Waals surface area contributed by atoms with Crippen molar-refractivity contribution in [2.45, 2.75) is 26.7 Å². The molecule has 0 aliphatic carbocycles. The van der Waals surface area contributed by atoms with E-state index >= 15 is 0 Å². The number of rotatable bonds is 8. The largest absolute Gasteiger partial charge is 0.455 e. The van der Waals surface area contributed by atoms with E-state index in [1.807, 2.05) is 68.4 Å². The molecule has 1 N–H and O–H groups in total. The number of nitrogens with zero attached hydrogens (tertiary/aromatic N) is 6. The predicted molar refractivity (Wildman–Crippen MR) is 141 cm³/mol. The second-order valence-corrected chi connectivity index (χ2v) is 8.82. The molecule has 1 aliphatic rings. The highest BCUT2D eigenvalue weighted by atomic mass is 35.5. The monoisotopic (exact) mass is 497 g/mol. The van der Waals surface area contributed by atoms with E-state index in [0.717, 1.165) is 46.8 Å². The Hall–Kier alpha value is -4.17. The minimum atomic E-state index is 0.560. The Kier molecular flexibility index (Phi) is 6.95. The van der Waals surface area contributed by atoms with Gasteiger partial charge < -0.3 is 10.1 Å². The van der Waals surface area contributed by atoms with Crippen molar-refractivity contribution >= 4 is 28.8 Å². The van der Waals surface area contributed by atoms with Crippen molar-refractivity contribution in [2.24, 2.45) is 15.4 Å². The summed E-state index contributed by atoms with van der Waals surface area (Å²) in [5.41, 5.74) is 6.28. The van der Waals surface area contributed by atoms with Gasteiger partial charge in [0.1, 0.15) is 23.8 Å². The van der Waals surface area contributed by atoms with Crippen LogP contribution < -0.4 is 10.1 Å². The third kappa shape index (κ3) is 5.55. The van der Waals surface area contributed by atoms with Crippen LogP contribution in [0, 0.1) is 13.8 Å². The molecule has 0 unspecified atom stereocenters. The number of pyridine rings is 3. The summed E-state index contributed by atoms with van der Waals surface area (Å²) in [7, 11) is 0. The van der Waals surface area contributed by atoms with Gasteiger partial charge in [0.25, 0.3) is 0 Å². The fourth-order valence-electron chi connectivity index (χ4n) is 3.75. The van der Waals surface area contributed by atoms with E-state index < -0.39 is 0 Å². The summed E-state index contributed by atoms with van der Waals surface area (Å²) in [6.07, 6.45) is 4.97. The minimum absolute atomic E-state index is 0.560. The van der Waals surface area contributed by atoms with Gasteiger partial charge in [0.05, 0.1) is 11.4 Å². The second-order valence-electron chi connectivity index (χ2n) is 8.42. The molecule has 0 atom stereocenters. The van der Waals surface area contributed by atoms with Gasteiger partial charge in [-0.15, -0.1) is 5.10 Å². The van der Waals surface area contributed by atoms with E-state index in [1.165, 1.54) is 0 Å². The average Bonchev–Trinajstić information content (AvgIpc) is 3.41. The van der Waals surface area contributed by atoms with Crippen LogP contribution in [0.25, 0.3) is 11.4 Å². The zero-order valence-corrected chi connectivity index (χ0v) is 20.7. The molecule has 180 valence electrons. The third-order valence-electron chi connectivity index (χ3n) is 5.80. The van der Waals surface area contributed by atoms with Crippen LogP contribution in [-0.4, -0.2) is 27.2 Å². The zero-order chi connectivity index (χ0) is 24.9. The van der Waals surface area contributed by atoms with Crippen LogP contribution in [0.4, 0.5) is 11.5 Å². The molecule has 0 spiro atoms. The van der Waals surface area contributed by atoms with Crippen molar-refractivity contribution in [2.75, 3.05) is 11.9 Å². The highest BCUT2D eigenvalue weighted by Gasteiger charge is 2.14. The first-order chi connectivity index (χ1) is 17.5. The van der Waals surface area contributed by atoms with E-state index in [2.05, 4.69) is 30.7 Å². The van der Waals surface area contributed by atoms with Crippen molar-refractivity contribution in [3.8, 4) is 22.9 Å². The summed E-state index contributed by atoms with van der Waals surface area (Å²) in [5, 5.41) is 15.7. The van der Waals surface area contributed by atoms with Gasteiger partial charge in [-0.25, -0.2) is 9.97 Å². The molecule has 9 heteroatoms. The summed E-state index contributed by atoms with van der Waals surface area (Å²) < 4.78 is 6.28. The van der Waals surface area contributed by atoms with Gasteiger partial charge in [0.2, 0.25) is 0 Å². The Balaban J connectivity index is 1.35. The topological polar surface area (TPSA) is 97.0 Å². The van der Waals surface area contributed by atoms with Crippen LogP contribution in [0.2, 0.25) is 5.02 Å². The molecule has 1 aliphatic heterocycles. The number of anilines is 2. The van der Waals surface area contributed by atoms with Crippen molar-refractivity contribution in [3.05, 3.63) is 88.8 Å². The van der Waals surface area contributed by atoms with E-state index in [-0.39, 0.29) is 0 Å².